The van der Waals surface area contributed by atoms with E-state index >= 15 is 0 Å². The minimum atomic E-state index is -0.646. The van der Waals surface area contributed by atoms with Crippen molar-refractivity contribution >= 4 is 17.5 Å². The molecule has 0 aromatic heterocycles. The molecule has 0 aliphatic carbocycles. The van der Waals surface area contributed by atoms with E-state index in [0.717, 1.165) is 12.0 Å². The average molecular weight is 383 g/mol. The van der Waals surface area contributed by atoms with Gasteiger partial charge in [-0.25, -0.2) is 0 Å². The van der Waals surface area contributed by atoms with Gasteiger partial charge in [0.05, 0.1) is 11.3 Å². The van der Waals surface area contributed by atoms with Gasteiger partial charge in [-0.05, 0) is 69.0 Å². The number of benzene rings is 2. The zero-order chi connectivity index (χ0) is 20.7. The number of carbonyl (C=O) groups is 2. The van der Waals surface area contributed by atoms with Crippen LogP contribution in [0.2, 0.25) is 0 Å². The molecule has 0 radical (unpaired) electrons. The number of aryl methyl sites for hydroxylation is 2. The van der Waals surface area contributed by atoms with Crippen molar-refractivity contribution in [3.63, 3.8) is 0 Å². The van der Waals surface area contributed by atoms with Crippen LogP contribution in [0.1, 0.15) is 55.1 Å². The lowest BCUT2D eigenvalue weighted by atomic mass is 10.1. The summed E-state index contributed by atoms with van der Waals surface area (Å²) in [7, 11) is 0. The van der Waals surface area contributed by atoms with Crippen LogP contribution in [-0.4, -0.2) is 24.0 Å². The predicted octanol–water partition coefficient (Wildman–Crippen LogP) is 4.63. The number of amides is 2. The summed E-state index contributed by atoms with van der Waals surface area (Å²) in [6, 6.07) is 12.8. The molecule has 0 saturated heterocycles. The van der Waals surface area contributed by atoms with Crippen LogP contribution >= 0.6 is 0 Å². The van der Waals surface area contributed by atoms with Gasteiger partial charge in [0, 0.05) is 6.04 Å². The first-order valence-electron chi connectivity index (χ1n) is 9.80. The Kier molecular flexibility index (Phi) is 7.61. The molecule has 2 aromatic rings. The van der Waals surface area contributed by atoms with Crippen molar-refractivity contribution in [2.24, 2.45) is 0 Å². The Morgan fingerprint density at radius 1 is 1.00 bits per heavy atom. The van der Waals surface area contributed by atoms with Gasteiger partial charge in [0.25, 0.3) is 11.8 Å². The Balaban J connectivity index is 2.14. The largest absolute Gasteiger partial charge is 0.481 e. The van der Waals surface area contributed by atoms with Crippen molar-refractivity contribution < 1.29 is 14.3 Å². The molecule has 5 nitrogen and oxygen atoms in total. The lowest BCUT2D eigenvalue weighted by Crippen LogP contribution is -2.35. The Morgan fingerprint density at radius 2 is 1.71 bits per heavy atom. The molecule has 0 fully saturated rings. The fraction of sp³-hybridized carbons (Fsp3) is 0.391. The lowest BCUT2D eigenvalue weighted by Gasteiger charge is -2.19. The normalized spacial score (nSPS) is 12.8. The van der Waals surface area contributed by atoms with Crippen molar-refractivity contribution in [1.29, 1.82) is 0 Å². The van der Waals surface area contributed by atoms with Gasteiger partial charge in [-0.1, -0.05) is 32.0 Å². The van der Waals surface area contributed by atoms with E-state index < -0.39 is 6.10 Å². The number of ether oxygens (including phenoxy) is 1. The standard InChI is InChI=1S/C23H30N2O3/c1-6-17(5)24-22(26)19-10-8-9-11-20(19)25-23(27)21(7-2)28-18-13-12-15(3)16(4)14-18/h8-14,17,21H,6-7H2,1-5H3,(H,24,26)(H,25,27)/t17-,21-/m0/s1. The SMILES string of the molecule is CC[C@H](Oc1ccc(C)c(C)c1)C(=O)Nc1ccccc1C(=O)N[C@@H](C)CC. The number of hydrogen-bond donors (Lipinski definition) is 2. The fourth-order valence-corrected chi connectivity index (χ4v) is 2.68. The predicted molar refractivity (Wildman–Crippen MR) is 113 cm³/mol. The minimum absolute atomic E-state index is 0.0627. The van der Waals surface area contributed by atoms with Crippen LogP contribution in [0, 0.1) is 13.8 Å². The van der Waals surface area contributed by atoms with Crippen molar-refractivity contribution in [2.75, 3.05) is 5.32 Å². The quantitative estimate of drug-likeness (QED) is 0.699. The molecule has 0 aliphatic rings. The van der Waals surface area contributed by atoms with E-state index in [4.69, 9.17) is 4.74 Å². The van der Waals surface area contributed by atoms with Crippen LogP contribution in [0.15, 0.2) is 42.5 Å². The third-order valence-electron chi connectivity index (χ3n) is 4.84. The second-order valence-corrected chi connectivity index (χ2v) is 7.08. The maximum absolute atomic E-state index is 12.8. The summed E-state index contributed by atoms with van der Waals surface area (Å²) in [5, 5.41) is 5.79. The summed E-state index contributed by atoms with van der Waals surface area (Å²) in [5.41, 5.74) is 3.21. The van der Waals surface area contributed by atoms with Gasteiger partial charge >= 0.3 is 0 Å². The molecule has 150 valence electrons. The number of hydrogen-bond acceptors (Lipinski definition) is 3. The molecule has 2 aromatic carbocycles. The molecule has 2 amide bonds. The van der Waals surface area contributed by atoms with E-state index in [2.05, 4.69) is 10.6 Å². The van der Waals surface area contributed by atoms with E-state index in [1.54, 1.807) is 24.3 Å². The van der Waals surface area contributed by atoms with E-state index in [-0.39, 0.29) is 17.9 Å². The second-order valence-electron chi connectivity index (χ2n) is 7.08. The zero-order valence-corrected chi connectivity index (χ0v) is 17.3. The van der Waals surface area contributed by atoms with Crippen LogP contribution < -0.4 is 15.4 Å². The first-order chi connectivity index (χ1) is 13.3. The molecule has 0 bridgehead atoms. The summed E-state index contributed by atoms with van der Waals surface area (Å²) < 4.78 is 5.90. The van der Waals surface area contributed by atoms with Crippen molar-refractivity contribution in [3.8, 4) is 5.75 Å². The van der Waals surface area contributed by atoms with Crippen LogP contribution in [-0.2, 0) is 4.79 Å². The third-order valence-corrected chi connectivity index (χ3v) is 4.84. The van der Waals surface area contributed by atoms with E-state index in [9.17, 15) is 9.59 Å². The van der Waals surface area contributed by atoms with Gasteiger partial charge in [0.15, 0.2) is 6.10 Å². The third kappa shape index (κ3) is 5.59. The molecule has 2 atom stereocenters. The Hall–Kier alpha value is -2.82. The topological polar surface area (TPSA) is 67.4 Å². The number of nitrogens with one attached hydrogen (secondary N) is 2. The molecule has 5 heteroatoms. The van der Waals surface area contributed by atoms with Crippen LogP contribution in [0.25, 0.3) is 0 Å². The molecule has 2 rings (SSSR count). The number of rotatable bonds is 8. The molecule has 2 N–H and O–H groups in total. The fourth-order valence-electron chi connectivity index (χ4n) is 2.68. The maximum atomic E-state index is 12.8. The zero-order valence-electron chi connectivity index (χ0n) is 17.3. The molecule has 0 unspecified atom stereocenters. The molecule has 28 heavy (non-hydrogen) atoms. The van der Waals surface area contributed by atoms with E-state index in [1.165, 1.54) is 5.56 Å². The Bertz CT molecular complexity index is 832. The lowest BCUT2D eigenvalue weighted by molar-refractivity contribution is -0.122. The van der Waals surface area contributed by atoms with E-state index in [1.807, 2.05) is 52.8 Å². The Morgan fingerprint density at radius 3 is 2.36 bits per heavy atom. The monoisotopic (exact) mass is 382 g/mol. The summed E-state index contributed by atoms with van der Waals surface area (Å²) in [6.07, 6.45) is 0.704. The van der Waals surface area contributed by atoms with Gasteiger partial charge in [-0.2, -0.15) is 0 Å². The number of carbonyl (C=O) groups excluding carboxylic acids is 2. The average Bonchev–Trinajstić information content (AvgIpc) is 2.68. The first-order valence-corrected chi connectivity index (χ1v) is 9.80. The number of anilines is 1. The summed E-state index contributed by atoms with van der Waals surface area (Å²) >= 11 is 0. The van der Waals surface area contributed by atoms with Crippen LogP contribution in [0.5, 0.6) is 5.75 Å². The summed E-state index contributed by atoms with van der Waals surface area (Å²) in [4.78, 5) is 25.3. The van der Waals surface area contributed by atoms with Crippen molar-refractivity contribution in [1.82, 2.24) is 5.32 Å². The molecule has 0 heterocycles. The minimum Gasteiger partial charge on any atom is -0.481 e. The van der Waals surface area contributed by atoms with Crippen molar-refractivity contribution in [3.05, 3.63) is 59.2 Å². The number of para-hydroxylation sites is 1. The summed E-state index contributed by atoms with van der Waals surface area (Å²) in [5.74, 6) is 0.186. The van der Waals surface area contributed by atoms with Gasteiger partial charge in [0.2, 0.25) is 0 Å². The van der Waals surface area contributed by atoms with Gasteiger partial charge in [-0.3, -0.25) is 9.59 Å². The van der Waals surface area contributed by atoms with Gasteiger partial charge in [-0.15, -0.1) is 0 Å². The molecule has 0 saturated carbocycles. The Labute approximate surface area is 167 Å². The highest BCUT2D eigenvalue weighted by Crippen LogP contribution is 2.20. The second kappa shape index (κ2) is 9.93. The van der Waals surface area contributed by atoms with Gasteiger partial charge in [0.1, 0.15) is 5.75 Å². The van der Waals surface area contributed by atoms with Crippen LogP contribution in [0.4, 0.5) is 5.69 Å². The molecule has 0 spiro atoms. The molecular formula is C23H30N2O3. The highest BCUT2D eigenvalue weighted by molar-refractivity contribution is 6.04. The molecule has 0 aliphatic heterocycles. The summed E-state index contributed by atoms with van der Waals surface area (Å²) in [6.45, 7) is 9.89. The maximum Gasteiger partial charge on any atom is 0.265 e. The van der Waals surface area contributed by atoms with E-state index in [0.29, 0.717) is 23.4 Å². The van der Waals surface area contributed by atoms with Crippen LogP contribution in [0.3, 0.4) is 0 Å². The first kappa shape index (κ1) is 21.5. The van der Waals surface area contributed by atoms with Crippen molar-refractivity contribution in [2.45, 2.75) is 59.6 Å². The smallest absolute Gasteiger partial charge is 0.265 e. The highest BCUT2D eigenvalue weighted by atomic mass is 16.5. The highest BCUT2D eigenvalue weighted by Gasteiger charge is 2.21. The van der Waals surface area contributed by atoms with Gasteiger partial charge < -0.3 is 15.4 Å². The molecular weight excluding hydrogens is 352 g/mol.